The molecule has 0 unspecified atom stereocenters. The number of hydrogen-bond acceptors (Lipinski definition) is 3. The molecule has 0 saturated carbocycles. The number of Topliss-reactive ketones (excluding diaryl/α,β-unsaturated/α-hetero) is 1. The molecule has 2 aromatic rings. The number of rotatable bonds is 6. The van der Waals surface area contributed by atoms with Crippen LogP contribution in [0.2, 0.25) is 0 Å². The number of thioether (sulfide) groups is 1. The van der Waals surface area contributed by atoms with Crippen molar-refractivity contribution in [1.82, 2.24) is 0 Å². The van der Waals surface area contributed by atoms with E-state index in [9.17, 15) is 9.18 Å². The SMILES string of the molecule is CCOc1ccc(C(=O)CSc2ccccc2F)cc1. The van der Waals surface area contributed by atoms with Gasteiger partial charge in [-0.15, -0.1) is 11.8 Å². The molecule has 2 nitrogen and oxygen atoms in total. The van der Waals surface area contributed by atoms with E-state index in [1.807, 2.05) is 6.92 Å². The number of benzene rings is 2. The first-order chi connectivity index (χ1) is 9.70. The molecule has 2 aromatic carbocycles. The molecule has 0 atom stereocenters. The van der Waals surface area contributed by atoms with Crippen LogP contribution in [0.5, 0.6) is 5.75 Å². The molecule has 20 heavy (non-hydrogen) atoms. The lowest BCUT2D eigenvalue weighted by molar-refractivity contribution is 0.102. The minimum absolute atomic E-state index is 0.0266. The van der Waals surface area contributed by atoms with Crippen LogP contribution in [0.1, 0.15) is 17.3 Å². The third kappa shape index (κ3) is 3.84. The van der Waals surface area contributed by atoms with Crippen LogP contribution in [0, 0.1) is 5.82 Å². The first-order valence-electron chi connectivity index (χ1n) is 6.34. The minimum Gasteiger partial charge on any atom is -0.494 e. The minimum atomic E-state index is -0.294. The quantitative estimate of drug-likeness (QED) is 0.589. The standard InChI is InChI=1S/C16H15FO2S/c1-2-19-13-9-7-12(8-10-13)15(18)11-20-16-6-4-3-5-14(16)17/h3-10H,2,11H2,1H3. The fourth-order valence-corrected chi connectivity index (χ4v) is 2.53. The van der Waals surface area contributed by atoms with E-state index in [4.69, 9.17) is 4.74 Å². The summed E-state index contributed by atoms with van der Waals surface area (Å²) < 4.78 is 18.8. The van der Waals surface area contributed by atoms with E-state index in [1.54, 1.807) is 42.5 Å². The molecular weight excluding hydrogens is 275 g/mol. The van der Waals surface area contributed by atoms with Crippen LogP contribution < -0.4 is 4.74 Å². The molecule has 104 valence electrons. The summed E-state index contributed by atoms with van der Waals surface area (Å²) in [5, 5.41) is 0. The normalized spacial score (nSPS) is 10.3. The van der Waals surface area contributed by atoms with E-state index in [2.05, 4.69) is 0 Å². The summed E-state index contributed by atoms with van der Waals surface area (Å²) >= 11 is 1.21. The van der Waals surface area contributed by atoms with Crippen LogP contribution in [0.3, 0.4) is 0 Å². The lowest BCUT2D eigenvalue weighted by Gasteiger charge is -2.05. The number of halogens is 1. The average molecular weight is 290 g/mol. The highest BCUT2D eigenvalue weighted by atomic mass is 32.2. The van der Waals surface area contributed by atoms with Gasteiger partial charge < -0.3 is 4.74 Å². The molecule has 0 radical (unpaired) electrons. The number of ether oxygens (including phenoxy) is 1. The highest BCUT2D eigenvalue weighted by Crippen LogP contribution is 2.22. The molecule has 0 heterocycles. The molecule has 0 N–H and O–H groups in total. The number of carbonyl (C=O) groups excluding carboxylic acids is 1. The van der Waals surface area contributed by atoms with Crippen molar-refractivity contribution in [1.29, 1.82) is 0 Å². The molecule has 0 aromatic heterocycles. The summed E-state index contributed by atoms with van der Waals surface area (Å²) in [6.45, 7) is 2.50. The molecule has 0 bridgehead atoms. The summed E-state index contributed by atoms with van der Waals surface area (Å²) in [5.74, 6) is 0.638. The Labute approximate surface area is 122 Å². The Balaban J connectivity index is 1.96. The molecule has 0 aliphatic heterocycles. The molecule has 4 heteroatoms. The summed E-state index contributed by atoms with van der Waals surface area (Å²) in [4.78, 5) is 12.5. The van der Waals surface area contributed by atoms with Gasteiger partial charge in [0.05, 0.1) is 12.4 Å². The highest BCUT2D eigenvalue weighted by molar-refractivity contribution is 8.00. The highest BCUT2D eigenvalue weighted by Gasteiger charge is 2.09. The van der Waals surface area contributed by atoms with E-state index in [0.717, 1.165) is 5.75 Å². The first-order valence-corrected chi connectivity index (χ1v) is 7.32. The lowest BCUT2D eigenvalue weighted by Crippen LogP contribution is -2.02. The van der Waals surface area contributed by atoms with E-state index in [1.165, 1.54) is 17.8 Å². The molecule has 0 spiro atoms. The third-order valence-electron chi connectivity index (χ3n) is 2.68. The van der Waals surface area contributed by atoms with Gasteiger partial charge in [0, 0.05) is 10.5 Å². The number of carbonyl (C=O) groups is 1. The Morgan fingerprint density at radius 2 is 1.85 bits per heavy atom. The molecular formula is C16H15FO2S. The summed E-state index contributed by atoms with van der Waals surface area (Å²) in [6.07, 6.45) is 0. The molecule has 2 rings (SSSR count). The van der Waals surface area contributed by atoms with Gasteiger partial charge >= 0.3 is 0 Å². The zero-order valence-electron chi connectivity index (χ0n) is 11.1. The van der Waals surface area contributed by atoms with Gasteiger partial charge in [0.1, 0.15) is 11.6 Å². The maximum Gasteiger partial charge on any atom is 0.173 e. The van der Waals surface area contributed by atoms with Crippen molar-refractivity contribution in [3.8, 4) is 5.75 Å². The Bertz CT molecular complexity index is 581. The van der Waals surface area contributed by atoms with Crippen LogP contribution in [-0.4, -0.2) is 18.1 Å². The topological polar surface area (TPSA) is 26.3 Å². The van der Waals surface area contributed by atoms with Crippen molar-refractivity contribution in [2.75, 3.05) is 12.4 Å². The Hall–Kier alpha value is -1.81. The second-order valence-corrected chi connectivity index (χ2v) is 5.12. The molecule has 0 fully saturated rings. The van der Waals surface area contributed by atoms with E-state index in [0.29, 0.717) is 17.1 Å². The Morgan fingerprint density at radius 3 is 2.50 bits per heavy atom. The Kier molecular flexibility index (Phi) is 5.18. The third-order valence-corrected chi connectivity index (χ3v) is 3.73. The maximum atomic E-state index is 13.4. The van der Waals surface area contributed by atoms with Gasteiger partial charge in [-0.05, 0) is 43.3 Å². The summed E-state index contributed by atoms with van der Waals surface area (Å²) in [6, 6.07) is 13.5. The molecule has 0 amide bonds. The van der Waals surface area contributed by atoms with Crippen LogP contribution in [0.25, 0.3) is 0 Å². The van der Waals surface area contributed by atoms with Crippen LogP contribution in [-0.2, 0) is 0 Å². The fraction of sp³-hybridized carbons (Fsp3) is 0.188. The second kappa shape index (κ2) is 7.10. The Morgan fingerprint density at radius 1 is 1.15 bits per heavy atom. The van der Waals surface area contributed by atoms with Crippen LogP contribution in [0.15, 0.2) is 53.4 Å². The smallest absolute Gasteiger partial charge is 0.173 e. The predicted octanol–water partition coefficient (Wildman–Crippen LogP) is 4.20. The van der Waals surface area contributed by atoms with Crippen molar-refractivity contribution in [3.05, 3.63) is 59.9 Å². The van der Waals surface area contributed by atoms with E-state index >= 15 is 0 Å². The average Bonchev–Trinajstić information content (AvgIpc) is 2.47. The van der Waals surface area contributed by atoms with Crippen LogP contribution >= 0.6 is 11.8 Å². The van der Waals surface area contributed by atoms with Crippen molar-refractivity contribution in [2.24, 2.45) is 0 Å². The first kappa shape index (κ1) is 14.6. The van der Waals surface area contributed by atoms with Gasteiger partial charge in [-0.1, -0.05) is 12.1 Å². The lowest BCUT2D eigenvalue weighted by atomic mass is 10.1. The second-order valence-electron chi connectivity index (χ2n) is 4.10. The zero-order valence-corrected chi connectivity index (χ0v) is 12.0. The molecule has 0 aliphatic rings. The number of hydrogen-bond donors (Lipinski definition) is 0. The van der Waals surface area contributed by atoms with E-state index < -0.39 is 0 Å². The molecule has 0 aliphatic carbocycles. The number of ketones is 1. The van der Waals surface area contributed by atoms with Gasteiger partial charge in [0.25, 0.3) is 0 Å². The van der Waals surface area contributed by atoms with Gasteiger partial charge in [-0.25, -0.2) is 4.39 Å². The van der Waals surface area contributed by atoms with Gasteiger partial charge in [-0.3, -0.25) is 4.79 Å². The van der Waals surface area contributed by atoms with Gasteiger partial charge in [-0.2, -0.15) is 0 Å². The zero-order chi connectivity index (χ0) is 14.4. The van der Waals surface area contributed by atoms with Crippen molar-refractivity contribution in [2.45, 2.75) is 11.8 Å². The van der Waals surface area contributed by atoms with Crippen molar-refractivity contribution in [3.63, 3.8) is 0 Å². The van der Waals surface area contributed by atoms with Gasteiger partial charge in [0.15, 0.2) is 5.78 Å². The van der Waals surface area contributed by atoms with Crippen molar-refractivity contribution >= 4 is 17.5 Å². The maximum absolute atomic E-state index is 13.4. The van der Waals surface area contributed by atoms with Crippen molar-refractivity contribution < 1.29 is 13.9 Å². The van der Waals surface area contributed by atoms with E-state index in [-0.39, 0.29) is 17.4 Å². The summed E-state index contributed by atoms with van der Waals surface area (Å²) in [5.41, 5.74) is 0.609. The predicted molar refractivity (Wildman–Crippen MR) is 79.1 cm³/mol. The van der Waals surface area contributed by atoms with Gasteiger partial charge in [0.2, 0.25) is 0 Å². The molecule has 0 saturated heterocycles. The summed E-state index contributed by atoms with van der Waals surface area (Å²) in [7, 11) is 0. The monoisotopic (exact) mass is 290 g/mol. The fourth-order valence-electron chi connectivity index (χ4n) is 1.69. The van der Waals surface area contributed by atoms with Crippen LogP contribution in [0.4, 0.5) is 4.39 Å². The largest absolute Gasteiger partial charge is 0.494 e.